The van der Waals surface area contributed by atoms with Gasteiger partial charge in [-0.1, -0.05) is 26.0 Å². The van der Waals surface area contributed by atoms with Crippen LogP contribution in [0.1, 0.15) is 85.6 Å². The first kappa shape index (κ1) is 27.4. The van der Waals surface area contributed by atoms with Gasteiger partial charge in [0, 0.05) is 24.3 Å². The van der Waals surface area contributed by atoms with Gasteiger partial charge in [0.25, 0.3) is 0 Å². The van der Waals surface area contributed by atoms with Crippen molar-refractivity contribution in [1.82, 2.24) is 9.80 Å². The number of nitrogens with zero attached hydrogens (tertiary/aromatic N) is 3. The fourth-order valence-corrected chi connectivity index (χ4v) is 8.13. The summed E-state index contributed by atoms with van der Waals surface area (Å²) in [5, 5.41) is 0. The minimum Gasteiger partial charge on any atom is -0.399 e. The van der Waals surface area contributed by atoms with Crippen LogP contribution in [0.2, 0.25) is 0 Å². The molecule has 1 saturated carbocycles. The molecular formula is C32H48BN3O4. The van der Waals surface area contributed by atoms with Crippen LogP contribution in [0.4, 0.5) is 5.69 Å². The van der Waals surface area contributed by atoms with E-state index < -0.39 is 23.7 Å². The lowest BCUT2D eigenvalue weighted by atomic mass is 9.71. The maximum Gasteiger partial charge on any atom is 0.494 e. The molecule has 0 N–H and O–H groups in total. The molecule has 1 spiro atoms. The number of fused-ring (bicyclic) bond motifs is 2. The maximum atomic E-state index is 14.6. The van der Waals surface area contributed by atoms with Crippen molar-refractivity contribution < 1.29 is 18.8 Å². The topological polar surface area (TPSA) is 54.5 Å². The fourth-order valence-electron chi connectivity index (χ4n) is 8.13. The third kappa shape index (κ3) is 4.23. The first-order valence-corrected chi connectivity index (χ1v) is 15.8. The van der Waals surface area contributed by atoms with E-state index in [1.807, 2.05) is 0 Å². The summed E-state index contributed by atoms with van der Waals surface area (Å²) >= 11 is 0. The average Bonchev–Trinajstić information content (AvgIpc) is 3.18. The van der Waals surface area contributed by atoms with Crippen LogP contribution in [0.3, 0.4) is 0 Å². The van der Waals surface area contributed by atoms with E-state index in [1.165, 1.54) is 31.5 Å². The predicted octanol–water partition coefficient (Wildman–Crippen LogP) is 3.72. The van der Waals surface area contributed by atoms with Gasteiger partial charge in [-0.15, -0.1) is 0 Å². The van der Waals surface area contributed by atoms with Gasteiger partial charge in [0.1, 0.15) is 0 Å². The molecule has 7 nitrogen and oxygen atoms in total. The summed E-state index contributed by atoms with van der Waals surface area (Å²) in [6, 6.07) is 8.00. The molecule has 5 aliphatic heterocycles. The van der Waals surface area contributed by atoms with Crippen molar-refractivity contribution in [2.45, 2.75) is 115 Å². The lowest BCUT2D eigenvalue weighted by Crippen LogP contribution is -2.60. The third-order valence-electron chi connectivity index (χ3n) is 11.6. The number of carbonyl (C=O) groups excluding carboxylic acids is 1. The normalized spacial score (nSPS) is 33.2. The number of carbonyl (C=O) groups is 1. The van der Waals surface area contributed by atoms with Crippen molar-refractivity contribution in [3.63, 3.8) is 0 Å². The van der Waals surface area contributed by atoms with E-state index in [4.69, 9.17) is 14.0 Å². The number of benzene rings is 1. The molecule has 0 radical (unpaired) electrons. The van der Waals surface area contributed by atoms with Crippen molar-refractivity contribution in [3.8, 4) is 0 Å². The van der Waals surface area contributed by atoms with E-state index in [0.29, 0.717) is 23.4 Å². The lowest BCUT2D eigenvalue weighted by Gasteiger charge is -2.51. The molecular weight excluding hydrogens is 501 g/mol. The molecule has 8 heteroatoms. The van der Waals surface area contributed by atoms with Gasteiger partial charge in [0.05, 0.1) is 35.9 Å². The molecule has 6 aliphatic rings. The Morgan fingerprint density at radius 1 is 0.825 bits per heavy atom. The quantitative estimate of drug-likeness (QED) is 0.534. The van der Waals surface area contributed by atoms with Crippen LogP contribution in [0.25, 0.3) is 0 Å². The SMILES string of the molecule is CC1(C)CCCN([C@H]2C[C@@H](N3C(=O)C4(CCN(C5COC5)CC4)c4ccc(B5OC(C)(C)C(C)(C)O5)cc43)C2)C1. The van der Waals surface area contributed by atoms with Gasteiger partial charge < -0.3 is 18.9 Å². The second kappa shape index (κ2) is 9.28. The summed E-state index contributed by atoms with van der Waals surface area (Å²) in [7, 11) is -0.422. The minimum absolute atomic E-state index is 0.271. The average molecular weight is 550 g/mol. The molecule has 5 heterocycles. The highest BCUT2D eigenvalue weighted by atomic mass is 16.7. The summed E-state index contributed by atoms with van der Waals surface area (Å²) in [6.45, 7) is 19.2. The van der Waals surface area contributed by atoms with Crippen molar-refractivity contribution in [1.29, 1.82) is 0 Å². The van der Waals surface area contributed by atoms with Crippen LogP contribution in [0.5, 0.6) is 0 Å². The summed E-state index contributed by atoms with van der Waals surface area (Å²) in [5.41, 5.74) is 2.54. The van der Waals surface area contributed by atoms with E-state index in [1.54, 1.807) is 0 Å². The lowest BCUT2D eigenvalue weighted by molar-refractivity contribution is -0.128. The Balaban J connectivity index is 1.17. The molecule has 0 aromatic heterocycles. The number of anilines is 1. The number of ether oxygens (including phenoxy) is 1. The second-order valence-corrected chi connectivity index (χ2v) is 15.4. The molecule has 1 aromatic rings. The Kier molecular flexibility index (Phi) is 6.35. The van der Waals surface area contributed by atoms with Crippen LogP contribution in [-0.2, 0) is 24.3 Å². The molecule has 0 bridgehead atoms. The Labute approximate surface area is 241 Å². The second-order valence-electron chi connectivity index (χ2n) is 15.4. The summed E-state index contributed by atoms with van der Waals surface area (Å²) in [6.07, 6.45) is 6.51. The van der Waals surface area contributed by atoms with Crippen molar-refractivity contribution in [3.05, 3.63) is 23.8 Å². The third-order valence-corrected chi connectivity index (χ3v) is 11.6. The zero-order valence-electron chi connectivity index (χ0n) is 25.5. The van der Waals surface area contributed by atoms with Gasteiger partial charge in [0.15, 0.2) is 0 Å². The van der Waals surface area contributed by atoms with Crippen LogP contribution in [0.15, 0.2) is 18.2 Å². The Morgan fingerprint density at radius 3 is 2.10 bits per heavy atom. The Bertz CT molecular complexity index is 1150. The minimum atomic E-state index is -0.422. The number of hydrogen-bond donors (Lipinski definition) is 0. The van der Waals surface area contributed by atoms with Gasteiger partial charge in [-0.05, 0) is 108 Å². The van der Waals surface area contributed by atoms with E-state index in [2.05, 4.69) is 74.4 Å². The van der Waals surface area contributed by atoms with Crippen molar-refractivity contribution in [2.24, 2.45) is 5.41 Å². The Hall–Kier alpha value is -1.45. The fraction of sp³-hybridized carbons (Fsp3) is 0.781. The highest BCUT2D eigenvalue weighted by Gasteiger charge is 2.57. The van der Waals surface area contributed by atoms with Gasteiger partial charge >= 0.3 is 7.12 Å². The van der Waals surface area contributed by atoms with Crippen LogP contribution in [-0.4, -0.2) is 91.5 Å². The van der Waals surface area contributed by atoms with Crippen molar-refractivity contribution >= 4 is 24.2 Å². The largest absolute Gasteiger partial charge is 0.494 e. The number of rotatable bonds is 4. The molecule has 7 rings (SSSR count). The molecule has 40 heavy (non-hydrogen) atoms. The van der Waals surface area contributed by atoms with Gasteiger partial charge in [-0.2, -0.15) is 0 Å². The number of likely N-dealkylation sites (tertiary alicyclic amines) is 2. The van der Waals surface area contributed by atoms with E-state index in [9.17, 15) is 4.79 Å². The Morgan fingerprint density at radius 2 is 1.50 bits per heavy atom. The van der Waals surface area contributed by atoms with Crippen LogP contribution < -0.4 is 10.4 Å². The van der Waals surface area contributed by atoms with Crippen LogP contribution in [0, 0.1) is 5.41 Å². The highest BCUT2D eigenvalue weighted by Crippen LogP contribution is 2.51. The zero-order valence-corrected chi connectivity index (χ0v) is 25.5. The molecule has 0 atom stereocenters. The molecule has 1 aromatic carbocycles. The first-order valence-electron chi connectivity index (χ1n) is 15.8. The summed E-state index contributed by atoms with van der Waals surface area (Å²) in [5.74, 6) is 0.334. The maximum absolute atomic E-state index is 14.6. The van der Waals surface area contributed by atoms with E-state index in [0.717, 1.165) is 63.1 Å². The van der Waals surface area contributed by atoms with Gasteiger partial charge in [0.2, 0.25) is 5.91 Å². The summed E-state index contributed by atoms with van der Waals surface area (Å²) in [4.78, 5) is 22.0. The smallest absolute Gasteiger partial charge is 0.399 e. The molecule has 218 valence electrons. The number of amides is 1. The molecule has 5 fully saturated rings. The molecule has 4 saturated heterocycles. The predicted molar refractivity (Wildman–Crippen MR) is 158 cm³/mol. The van der Waals surface area contributed by atoms with Crippen LogP contribution >= 0.6 is 0 Å². The summed E-state index contributed by atoms with van der Waals surface area (Å²) < 4.78 is 18.3. The number of piperidine rings is 2. The molecule has 0 unspecified atom stereocenters. The first-order chi connectivity index (χ1) is 18.9. The molecule has 1 amide bonds. The van der Waals surface area contributed by atoms with Gasteiger partial charge in [-0.25, -0.2) is 0 Å². The monoisotopic (exact) mass is 549 g/mol. The zero-order chi connectivity index (χ0) is 28.1. The standard InChI is InChI=1S/C32H48BN3O4/c1-29(2)10-7-13-35(21-29)23-17-24(18-23)36-27-16-22(33-39-30(3,4)31(5,6)40-33)8-9-26(27)32(28(36)37)11-14-34(15-12-32)25-19-38-20-25/h8-9,16,23-25H,7,10-15,17-21H2,1-6H3/t23-,24+. The molecule has 1 aliphatic carbocycles. The van der Waals surface area contributed by atoms with E-state index >= 15 is 0 Å². The van der Waals surface area contributed by atoms with Crippen molar-refractivity contribution in [2.75, 3.05) is 44.3 Å². The van der Waals surface area contributed by atoms with E-state index in [-0.39, 0.29) is 6.04 Å². The highest BCUT2D eigenvalue weighted by molar-refractivity contribution is 6.62. The van der Waals surface area contributed by atoms with Gasteiger partial charge in [-0.3, -0.25) is 14.6 Å². The number of hydrogen-bond acceptors (Lipinski definition) is 6.